The third kappa shape index (κ3) is 4.53. The van der Waals surface area contributed by atoms with Gasteiger partial charge in [0.15, 0.2) is 0 Å². The van der Waals surface area contributed by atoms with Crippen molar-refractivity contribution in [3.8, 4) is 0 Å². The molecular weight excluding hydrogens is 386 g/mol. The fraction of sp³-hybridized carbons (Fsp3) is 0.560. The summed E-state index contributed by atoms with van der Waals surface area (Å²) >= 11 is 0. The highest BCUT2D eigenvalue weighted by Gasteiger charge is 2.31. The number of rotatable bonds is 5. The van der Waals surface area contributed by atoms with E-state index in [0.717, 1.165) is 67.0 Å². The van der Waals surface area contributed by atoms with Crippen LogP contribution in [0.25, 0.3) is 0 Å². The summed E-state index contributed by atoms with van der Waals surface area (Å²) < 4.78 is 0. The molecule has 1 saturated heterocycles. The number of amides is 1. The van der Waals surface area contributed by atoms with Gasteiger partial charge in [-0.15, -0.1) is 0 Å². The first-order valence-electron chi connectivity index (χ1n) is 11.6. The summed E-state index contributed by atoms with van der Waals surface area (Å²) in [7, 11) is 4.06. The summed E-state index contributed by atoms with van der Waals surface area (Å²) in [5, 5.41) is 0. The van der Waals surface area contributed by atoms with Gasteiger partial charge in [0, 0.05) is 45.7 Å². The number of aromatic nitrogens is 2. The average molecular weight is 422 g/mol. The molecular formula is C25H35N5O. The maximum atomic E-state index is 13.4. The normalized spacial score (nSPS) is 17.9. The average Bonchev–Trinajstić information content (AvgIpc) is 2.79. The Kier molecular flexibility index (Phi) is 6.44. The van der Waals surface area contributed by atoms with Crippen molar-refractivity contribution >= 4 is 17.7 Å². The van der Waals surface area contributed by atoms with Crippen molar-refractivity contribution < 1.29 is 4.79 Å². The van der Waals surface area contributed by atoms with Crippen LogP contribution in [0.3, 0.4) is 0 Å². The fourth-order valence-electron chi connectivity index (χ4n) is 4.75. The summed E-state index contributed by atoms with van der Waals surface area (Å²) in [5.74, 6) is 2.69. The standard InChI is InChI=1S/C25H35N5O/c1-5-20(19-9-7-6-8-10-19)24(31)30-16-13-22-21(17-30)23(28(3)4)27-25(26-22)29-14-11-18(2)12-15-29/h6-10,18,20H,5,11-17H2,1-4H3. The molecule has 1 fully saturated rings. The van der Waals surface area contributed by atoms with Gasteiger partial charge >= 0.3 is 0 Å². The lowest BCUT2D eigenvalue weighted by molar-refractivity contribution is -0.133. The van der Waals surface area contributed by atoms with Gasteiger partial charge in [-0.25, -0.2) is 4.98 Å². The van der Waals surface area contributed by atoms with Crippen LogP contribution in [0.1, 0.15) is 55.8 Å². The Morgan fingerprint density at radius 3 is 2.48 bits per heavy atom. The largest absolute Gasteiger partial charge is 0.362 e. The highest BCUT2D eigenvalue weighted by atomic mass is 16.2. The molecule has 0 radical (unpaired) electrons. The molecule has 6 nitrogen and oxygen atoms in total. The number of hydrogen-bond acceptors (Lipinski definition) is 5. The summed E-state index contributed by atoms with van der Waals surface area (Å²) in [6, 6.07) is 10.1. The second-order valence-corrected chi connectivity index (χ2v) is 9.22. The highest BCUT2D eigenvalue weighted by molar-refractivity contribution is 5.84. The molecule has 166 valence electrons. The molecule has 0 aliphatic carbocycles. The zero-order valence-corrected chi connectivity index (χ0v) is 19.3. The molecule has 0 saturated carbocycles. The van der Waals surface area contributed by atoms with E-state index in [-0.39, 0.29) is 11.8 Å². The number of anilines is 2. The maximum absolute atomic E-state index is 13.4. The van der Waals surface area contributed by atoms with Crippen molar-refractivity contribution in [2.45, 2.75) is 52.0 Å². The lowest BCUT2D eigenvalue weighted by Gasteiger charge is -2.35. The zero-order chi connectivity index (χ0) is 22.0. The molecule has 1 aromatic heterocycles. The molecule has 31 heavy (non-hydrogen) atoms. The van der Waals surface area contributed by atoms with Crippen molar-refractivity contribution in [2.24, 2.45) is 5.92 Å². The van der Waals surface area contributed by atoms with Crippen LogP contribution in [-0.4, -0.2) is 54.5 Å². The van der Waals surface area contributed by atoms with Crippen LogP contribution in [0, 0.1) is 5.92 Å². The van der Waals surface area contributed by atoms with Crippen LogP contribution in [0.2, 0.25) is 0 Å². The molecule has 1 atom stereocenters. The topological polar surface area (TPSA) is 52.6 Å². The molecule has 4 rings (SSSR count). The van der Waals surface area contributed by atoms with Crippen LogP contribution in [-0.2, 0) is 17.8 Å². The summed E-state index contributed by atoms with van der Waals surface area (Å²) in [6.45, 7) is 7.76. The number of carbonyl (C=O) groups excluding carboxylic acids is 1. The summed E-state index contributed by atoms with van der Waals surface area (Å²) in [4.78, 5) is 29.8. The fourth-order valence-corrected chi connectivity index (χ4v) is 4.75. The molecule has 1 aromatic carbocycles. The molecule has 2 aliphatic heterocycles. The van der Waals surface area contributed by atoms with Crippen molar-refractivity contribution in [3.63, 3.8) is 0 Å². The van der Waals surface area contributed by atoms with Crippen LogP contribution in [0.5, 0.6) is 0 Å². The van der Waals surface area contributed by atoms with Crippen molar-refractivity contribution in [1.29, 1.82) is 0 Å². The predicted molar refractivity (Wildman–Crippen MR) is 126 cm³/mol. The third-order valence-corrected chi connectivity index (χ3v) is 6.74. The lowest BCUT2D eigenvalue weighted by atomic mass is 9.93. The van der Waals surface area contributed by atoms with Gasteiger partial charge in [-0.2, -0.15) is 4.98 Å². The van der Waals surface area contributed by atoms with E-state index in [1.165, 1.54) is 12.8 Å². The number of benzene rings is 1. The van der Waals surface area contributed by atoms with Gasteiger partial charge in [-0.1, -0.05) is 44.2 Å². The Morgan fingerprint density at radius 1 is 1.13 bits per heavy atom. The number of hydrogen-bond donors (Lipinski definition) is 0. The molecule has 0 bridgehead atoms. The molecule has 6 heteroatoms. The van der Waals surface area contributed by atoms with Crippen molar-refractivity contribution in [2.75, 3.05) is 43.5 Å². The smallest absolute Gasteiger partial charge is 0.230 e. The minimum atomic E-state index is -0.0962. The first-order chi connectivity index (χ1) is 15.0. The predicted octanol–water partition coefficient (Wildman–Crippen LogP) is 3.86. The van der Waals surface area contributed by atoms with E-state index in [0.29, 0.717) is 6.54 Å². The van der Waals surface area contributed by atoms with Gasteiger partial charge in [0.2, 0.25) is 11.9 Å². The van der Waals surface area contributed by atoms with E-state index in [2.05, 4.69) is 35.8 Å². The van der Waals surface area contributed by atoms with Gasteiger partial charge in [-0.3, -0.25) is 4.79 Å². The number of piperidine rings is 1. The molecule has 0 spiro atoms. The first kappa shape index (κ1) is 21.6. The Bertz CT molecular complexity index is 906. The maximum Gasteiger partial charge on any atom is 0.230 e. The van der Waals surface area contributed by atoms with Crippen LogP contribution in [0.15, 0.2) is 30.3 Å². The first-order valence-corrected chi connectivity index (χ1v) is 11.6. The Balaban J connectivity index is 1.59. The second-order valence-electron chi connectivity index (χ2n) is 9.22. The van der Waals surface area contributed by atoms with Gasteiger partial charge in [-0.05, 0) is 30.7 Å². The molecule has 1 unspecified atom stereocenters. The molecule has 3 heterocycles. The Hall–Kier alpha value is -2.63. The van der Waals surface area contributed by atoms with E-state index in [9.17, 15) is 4.79 Å². The Morgan fingerprint density at radius 2 is 1.84 bits per heavy atom. The van der Waals surface area contributed by atoms with Gasteiger partial charge in [0.05, 0.1) is 18.2 Å². The lowest BCUT2D eigenvalue weighted by Crippen LogP contribution is -2.41. The molecule has 0 N–H and O–H groups in total. The number of carbonyl (C=O) groups is 1. The van der Waals surface area contributed by atoms with E-state index in [1.807, 2.05) is 37.2 Å². The number of fused-ring (bicyclic) bond motifs is 1. The molecule has 2 aliphatic rings. The van der Waals surface area contributed by atoms with Crippen LogP contribution in [0.4, 0.5) is 11.8 Å². The van der Waals surface area contributed by atoms with E-state index >= 15 is 0 Å². The number of nitrogens with zero attached hydrogens (tertiary/aromatic N) is 5. The van der Waals surface area contributed by atoms with E-state index in [1.54, 1.807) is 0 Å². The van der Waals surface area contributed by atoms with Gasteiger partial charge in [0.1, 0.15) is 5.82 Å². The van der Waals surface area contributed by atoms with Crippen molar-refractivity contribution in [1.82, 2.24) is 14.9 Å². The van der Waals surface area contributed by atoms with E-state index in [4.69, 9.17) is 9.97 Å². The monoisotopic (exact) mass is 421 g/mol. The molecule has 1 amide bonds. The minimum absolute atomic E-state index is 0.0962. The van der Waals surface area contributed by atoms with Crippen molar-refractivity contribution in [3.05, 3.63) is 47.2 Å². The van der Waals surface area contributed by atoms with Crippen LogP contribution >= 0.6 is 0 Å². The summed E-state index contributed by atoms with van der Waals surface area (Å²) in [6.07, 6.45) is 3.97. The van der Waals surface area contributed by atoms with Gasteiger partial charge in [0.25, 0.3) is 0 Å². The summed E-state index contributed by atoms with van der Waals surface area (Å²) in [5.41, 5.74) is 3.30. The van der Waals surface area contributed by atoms with Gasteiger partial charge < -0.3 is 14.7 Å². The highest BCUT2D eigenvalue weighted by Crippen LogP contribution is 2.31. The third-order valence-electron chi connectivity index (χ3n) is 6.74. The SMILES string of the molecule is CCC(C(=O)N1CCc2nc(N3CCC(C)CC3)nc(N(C)C)c2C1)c1ccccc1. The van der Waals surface area contributed by atoms with E-state index < -0.39 is 0 Å². The quantitative estimate of drug-likeness (QED) is 0.734. The van der Waals surface area contributed by atoms with Crippen LogP contribution < -0.4 is 9.80 Å². The second kappa shape index (κ2) is 9.25. The minimum Gasteiger partial charge on any atom is -0.362 e. The Labute approximate surface area is 186 Å². The molecule has 2 aromatic rings. The zero-order valence-electron chi connectivity index (χ0n) is 19.3.